The second-order valence-electron chi connectivity index (χ2n) is 5.62. The van der Waals surface area contributed by atoms with Crippen LogP contribution in [0.2, 0.25) is 0 Å². The first-order chi connectivity index (χ1) is 9.46. The summed E-state index contributed by atoms with van der Waals surface area (Å²) in [5.74, 6) is 0.812. The topological polar surface area (TPSA) is 78.5 Å². The van der Waals surface area contributed by atoms with Gasteiger partial charge in [0, 0.05) is 5.92 Å². The Kier molecular flexibility index (Phi) is 10.7. The van der Waals surface area contributed by atoms with Crippen molar-refractivity contribution in [1.29, 1.82) is 0 Å². The van der Waals surface area contributed by atoms with Crippen molar-refractivity contribution in [2.24, 2.45) is 23.5 Å². The molecule has 118 valence electrons. The van der Waals surface area contributed by atoms with Gasteiger partial charge in [-0.1, -0.05) is 27.2 Å². The summed E-state index contributed by atoms with van der Waals surface area (Å²) >= 11 is 0. The number of nitrogens with two attached hydrogens (primary N) is 1. The van der Waals surface area contributed by atoms with Crippen molar-refractivity contribution >= 4 is 0 Å². The number of hydrogen-bond donors (Lipinski definition) is 4. The largest absolute Gasteiger partial charge is 0.379 e. The Labute approximate surface area is 123 Å². The van der Waals surface area contributed by atoms with E-state index < -0.39 is 12.5 Å². The Hall–Kier alpha value is -0.640. The zero-order valence-corrected chi connectivity index (χ0v) is 13.3. The summed E-state index contributed by atoms with van der Waals surface area (Å²) in [5, 5.41) is 21.7. The summed E-state index contributed by atoms with van der Waals surface area (Å²) in [5.41, 5.74) is 8.62. The number of aliphatic hydroxyl groups is 2. The summed E-state index contributed by atoms with van der Waals surface area (Å²) in [7, 11) is 1.75. The van der Waals surface area contributed by atoms with E-state index in [-0.39, 0.29) is 5.92 Å². The Balaban J connectivity index is 0.00000110. The maximum Gasteiger partial charge on any atom is 0.109 e. The lowest BCUT2D eigenvalue weighted by molar-refractivity contribution is 0.111. The third kappa shape index (κ3) is 7.83. The molecular weight excluding hydrogens is 252 g/mol. The highest BCUT2D eigenvalue weighted by Gasteiger charge is 2.23. The Morgan fingerprint density at radius 1 is 1.35 bits per heavy atom. The highest BCUT2D eigenvalue weighted by molar-refractivity contribution is 5.00. The number of hydrogen-bond acceptors (Lipinski definition) is 4. The van der Waals surface area contributed by atoms with Crippen LogP contribution in [0.15, 0.2) is 17.9 Å². The number of rotatable bonds is 5. The smallest absolute Gasteiger partial charge is 0.109 e. The molecule has 0 spiro atoms. The van der Waals surface area contributed by atoms with Gasteiger partial charge in [-0.25, -0.2) is 0 Å². The van der Waals surface area contributed by atoms with Gasteiger partial charge in [0.1, 0.15) is 12.5 Å². The first-order valence-corrected chi connectivity index (χ1v) is 7.67. The lowest BCUT2D eigenvalue weighted by Crippen LogP contribution is -2.30. The summed E-state index contributed by atoms with van der Waals surface area (Å²) in [6.45, 7) is 6.41. The SMILES string of the molecule is CCC.CNC(O)CC[C@H]1C=C=C[C@@H](C(N)O)C[C@H]1C. The summed E-state index contributed by atoms with van der Waals surface area (Å²) in [6, 6.07) is 0. The van der Waals surface area contributed by atoms with Crippen molar-refractivity contribution in [3.8, 4) is 0 Å². The zero-order valence-electron chi connectivity index (χ0n) is 13.3. The molecule has 20 heavy (non-hydrogen) atoms. The molecule has 0 aliphatic heterocycles. The van der Waals surface area contributed by atoms with Gasteiger partial charge in [-0.2, -0.15) is 0 Å². The van der Waals surface area contributed by atoms with Crippen LogP contribution in [0.3, 0.4) is 0 Å². The van der Waals surface area contributed by atoms with Crippen molar-refractivity contribution in [2.45, 2.75) is 58.9 Å². The molecule has 2 unspecified atom stereocenters. The van der Waals surface area contributed by atoms with Gasteiger partial charge in [0.25, 0.3) is 0 Å². The molecule has 1 aliphatic rings. The molecule has 0 amide bonds. The monoisotopic (exact) mass is 284 g/mol. The molecule has 0 bridgehead atoms. The van der Waals surface area contributed by atoms with Gasteiger partial charge in [0.15, 0.2) is 0 Å². The second kappa shape index (κ2) is 11.1. The fourth-order valence-electron chi connectivity index (χ4n) is 2.24. The number of aliphatic hydroxyl groups excluding tert-OH is 2. The van der Waals surface area contributed by atoms with Gasteiger partial charge in [0.2, 0.25) is 0 Å². The summed E-state index contributed by atoms with van der Waals surface area (Å²) in [6.07, 6.45) is 6.39. The molecule has 4 nitrogen and oxygen atoms in total. The quantitative estimate of drug-likeness (QED) is 0.460. The van der Waals surface area contributed by atoms with Crippen LogP contribution in [0.25, 0.3) is 0 Å². The first-order valence-electron chi connectivity index (χ1n) is 7.67. The van der Waals surface area contributed by atoms with E-state index in [0.717, 1.165) is 19.3 Å². The maximum atomic E-state index is 9.47. The minimum Gasteiger partial charge on any atom is -0.379 e. The fourth-order valence-corrected chi connectivity index (χ4v) is 2.24. The molecule has 0 saturated carbocycles. The van der Waals surface area contributed by atoms with Crippen LogP contribution in [0, 0.1) is 17.8 Å². The molecule has 5 N–H and O–H groups in total. The van der Waals surface area contributed by atoms with Gasteiger partial charge < -0.3 is 15.9 Å². The summed E-state index contributed by atoms with van der Waals surface area (Å²) in [4.78, 5) is 0. The average molecular weight is 284 g/mol. The highest BCUT2D eigenvalue weighted by atomic mass is 16.3. The minimum absolute atomic E-state index is 0.0135. The second-order valence-corrected chi connectivity index (χ2v) is 5.62. The van der Waals surface area contributed by atoms with E-state index in [1.54, 1.807) is 7.05 Å². The van der Waals surface area contributed by atoms with Crippen molar-refractivity contribution in [1.82, 2.24) is 5.32 Å². The van der Waals surface area contributed by atoms with Crippen LogP contribution in [-0.4, -0.2) is 29.7 Å². The predicted octanol–water partition coefficient (Wildman–Crippen LogP) is 1.98. The van der Waals surface area contributed by atoms with Gasteiger partial charge in [0.05, 0.1) is 0 Å². The number of nitrogens with one attached hydrogen (secondary N) is 1. The predicted molar refractivity (Wildman–Crippen MR) is 83.9 cm³/mol. The van der Waals surface area contributed by atoms with E-state index in [1.807, 2.05) is 12.2 Å². The van der Waals surface area contributed by atoms with Crippen molar-refractivity contribution in [3.63, 3.8) is 0 Å². The van der Waals surface area contributed by atoms with Gasteiger partial charge >= 0.3 is 0 Å². The van der Waals surface area contributed by atoms with E-state index in [4.69, 9.17) is 5.73 Å². The molecule has 0 saturated heterocycles. The van der Waals surface area contributed by atoms with Crippen LogP contribution in [0.5, 0.6) is 0 Å². The zero-order chi connectivity index (χ0) is 15.5. The molecule has 0 aromatic rings. The first kappa shape index (κ1) is 19.4. The Bertz CT molecular complexity index is 299. The van der Waals surface area contributed by atoms with E-state index in [2.05, 4.69) is 31.8 Å². The van der Waals surface area contributed by atoms with Gasteiger partial charge in [-0.15, -0.1) is 5.73 Å². The fraction of sp³-hybridized carbons (Fsp3) is 0.812. The summed E-state index contributed by atoms with van der Waals surface area (Å²) < 4.78 is 0. The molecule has 0 fully saturated rings. The maximum absolute atomic E-state index is 9.47. The third-order valence-electron chi connectivity index (χ3n) is 3.54. The van der Waals surface area contributed by atoms with Crippen molar-refractivity contribution < 1.29 is 10.2 Å². The van der Waals surface area contributed by atoms with E-state index in [0.29, 0.717) is 11.8 Å². The standard InChI is InChI=1S/C13H24N2O2.C3H8/c1-9-8-11(13(14)17)5-3-4-10(9)6-7-12(16)15-2;1-3-2/h4-5,9-13,15-17H,6-8,14H2,1-2H3;3H2,1-2H3/t9-,10-,11-,12?,13?;/m1./s1. The molecule has 1 rings (SSSR count). The van der Waals surface area contributed by atoms with Crippen LogP contribution in [-0.2, 0) is 0 Å². The van der Waals surface area contributed by atoms with E-state index >= 15 is 0 Å². The van der Waals surface area contributed by atoms with Crippen LogP contribution in [0.4, 0.5) is 0 Å². The Morgan fingerprint density at radius 2 is 1.95 bits per heavy atom. The molecule has 0 heterocycles. The Morgan fingerprint density at radius 3 is 2.45 bits per heavy atom. The average Bonchev–Trinajstić information content (AvgIpc) is 2.59. The van der Waals surface area contributed by atoms with E-state index in [1.165, 1.54) is 6.42 Å². The molecule has 1 aliphatic carbocycles. The molecular formula is C16H32N2O2. The van der Waals surface area contributed by atoms with Gasteiger partial charge in [-0.3, -0.25) is 5.32 Å². The van der Waals surface area contributed by atoms with Crippen LogP contribution in [0.1, 0.15) is 46.5 Å². The van der Waals surface area contributed by atoms with Crippen molar-refractivity contribution in [2.75, 3.05) is 7.05 Å². The molecule has 4 heteroatoms. The van der Waals surface area contributed by atoms with Gasteiger partial charge in [-0.05, 0) is 50.3 Å². The van der Waals surface area contributed by atoms with E-state index in [9.17, 15) is 10.2 Å². The lowest BCUT2D eigenvalue weighted by Gasteiger charge is -2.24. The third-order valence-corrected chi connectivity index (χ3v) is 3.54. The molecule has 5 atom stereocenters. The molecule has 0 aromatic carbocycles. The van der Waals surface area contributed by atoms with Crippen LogP contribution < -0.4 is 11.1 Å². The van der Waals surface area contributed by atoms with Crippen molar-refractivity contribution in [3.05, 3.63) is 17.9 Å². The highest BCUT2D eigenvalue weighted by Crippen LogP contribution is 2.29. The van der Waals surface area contributed by atoms with Crippen LogP contribution >= 0.6 is 0 Å². The lowest BCUT2D eigenvalue weighted by atomic mass is 9.84. The molecule has 0 radical (unpaired) electrons. The minimum atomic E-state index is -0.806. The molecule has 0 aromatic heterocycles. The normalized spacial score (nSPS) is 28.2.